The zero-order valence-corrected chi connectivity index (χ0v) is 25.8. The first-order valence-corrected chi connectivity index (χ1v) is 14.2. The molecule has 2 aromatic carbocycles. The number of nitrogens with two attached hydrogens (primary N) is 1. The molecule has 0 aliphatic heterocycles. The first-order chi connectivity index (χ1) is 20.2. The minimum absolute atomic E-state index is 0.104. The molecule has 4 atom stereocenters. The number of benzene rings is 2. The number of ether oxygens (including phenoxy) is 3. The quantitative estimate of drug-likeness (QED) is 0.112. The molecule has 2 rings (SSSR count). The highest BCUT2D eigenvalue weighted by Gasteiger charge is 2.27. The minimum Gasteiger partial charge on any atom is -0.491 e. The maximum atomic E-state index is 13.3. The molecule has 0 aromatic heterocycles. The summed E-state index contributed by atoms with van der Waals surface area (Å²) < 4.78 is 16.5. The van der Waals surface area contributed by atoms with Gasteiger partial charge in [-0.15, -0.1) is 6.58 Å². The molecular weight excluding hydrogens is 552 g/mol. The van der Waals surface area contributed by atoms with Gasteiger partial charge in [-0.3, -0.25) is 9.59 Å². The molecule has 43 heavy (non-hydrogen) atoms. The number of alkyl carbamates (subject to hydrolysis) is 1. The summed E-state index contributed by atoms with van der Waals surface area (Å²) in [6, 6.07) is 11.1. The normalized spacial score (nSPS) is 13.8. The van der Waals surface area contributed by atoms with E-state index in [4.69, 9.17) is 19.9 Å². The number of nitrogens with one attached hydrogen (secondary N) is 3. The van der Waals surface area contributed by atoms with E-state index in [2.05, 4.69) is 22.5 Å². The fourth-order valence-electron chi connectivity index (χ4n) is 3.78. The van der Waals surface area contributed by atoms with Crippen molar-refractivity contribution in [3.8, 4) is 11.5 Å². The van der Waals surface area contributed by atoms with Crippen molar-refractivity contribution in [3.63, 3.8) is 0 Å². The molecule has 2 aromatic rings. The van der Waals surface area contributed by atoms with Crippen molar-refractivity contribution < 1.29 is 33.4 Å². The number of allylic oxidation sites excluding steroid dienone is 1. The van der Waals surface area contributed by atoms with Gasteiger partial charge in [-0.05, 0) is 58.4 Å². The van der Waals surface area contributed by atoms with Crippen molar-refractivity contribution in [1.29, 1.82) is 0 Å². The van der Waals surface area contributed by atoms with E-state index < -0.39 is 47.6 Å². The Morgan fingerprint density at radius 1 is 0.977 bits per heavy atom. The highest BCUT2D eigenvalue weighted by atomic mass is 16.6. The van der Waals surface area contributed by atoms with Crippen LogP contribution in [-0.2, 0) is 25.5 Å². The molecule has 0 bridgehead atoms. The first kappa shape index (κ1) is 34.8. The van der Waals surface area contributed by atoms with Crippen LogP contribution in [0.15, 0.2) is 61.2 Å². The van der Waals surface area contributed by atoms with Crippen LogP contribution in [0.25, 0.3) is 0 Å². The van der Waals surface area contributed by atoms with Crippen LogP contribution in [0.2, 0.25) is 0 Å². The van der Waals surface area contributed by atoms with E-state index in [1.807, 2.05) is 13.0 Å². The Bertz CT molecular complexity index is 1260. The predicted octanol–water partition coefficient (Wildman–Crippen LogP) is 3.36. The van der Waals surface area contributed by atoms with E-state index in [0.717, 1.165) is 11.1 Å². The number of amides is 3. The van der Waals surface area contributed by atoms with E-state index in [9.17, 15) is 19.2 Å². The lowest BCUT2D eigenvalue weighted by Crippen LogP contribution is -2.54. The maximum absolute atomic E-state index is 13.3. The fraction of sp³-hybridized carbons (Fsp3) is 0.438. The number of esters is 1. The second-order valence-corrected chi connectivity index (χ2v) is 11.2. The van der Waals surface area contributed by atoms with Crippen LogP contribution in [0.4, 0.5) is 4.79 Å². The zero-order valence-electron chi connectivity index (χ0n) is 25.8. The molecule has 0 radical (unpaired) electrons. The molecule has 0 aliphatic rings. The lowest BCUT2D eigenvalue weighted by molar-refractivity contribution is -0.139. The zero-order chi connectivity index (χ0) is 32.2. The number of hydrogen-bond donors (Lipinski definition) is 4. The van der Waals surface area contributed by atoms with Crippen LogP contribution in [0, 0.1) is 0 Å². The van der Waals surface area contributed by atoms with Crippen molar-refractivity contribution in [2.24, 2.45) is 5.73 Å². The molecule has 0 saturated carbocycles. The fourth-order valence-corrected chi connectivity index (χ4v) is 3.78. The highest BCUT2D eigenvalue weighted by molar-refractivity contribution is 5.92. The Hall–Kier alpha value is -4.38. The molecule has 11 heteroatoms. The second-order valence-electron chi connectivity index (χ2n) is 11.2. The van der Waals surface area contributed by atoms with Gasteiger partial charge in [0.25, 0.3) is 0 Å². The molecule has 3 amide bonds. The summed E-state index contributed by atoms with van der Waals surface area (Å²) in [5.74, 6) is -0.911. The number of para-hydroxylation sites is 1. The number of carbonyl (C=O) groups excluding carboxylic acids is 4. The summed E-state index contributed by atoms with van der Waals surface area (Å²) in [6.45, 7) is 14.6. The lowest BCUT2D eigenvalue weighted by Gasteiger charge is -2.23. The van der Waals surface area contributed by atoms with Crippen LogP contribution in [-0.4, -0.2) is 60.8 Å². The smallest absolute Gasteiger partial charge is 0.407 e. The predicted molar refractivity (Wildman–Crippen MR) is 164 cm³/mol. The second kappa shape index (κ2) is 16.3. The summed E-state index contributed by atoms with van der Waals surface area (Å²) in [5, 5.41) is 7.95. The van der Waals surface area contributed by atoms with E-state index in [1.54, 1.807) is 69.3 Å². The van der Waals surface area contributed by atoms with Gasteiger partial charge in [0, 0.05) is 17.9 Å². The van der Waals surface area contributed by atoms with Gasteiger partial charge in [0.2, 0.25) is 11.8 Å². The summed E-state index contributed by atoms with van der Waals surface area (Å²) in [7, 11) is 0. The largest absolute Gasteiger partial charge is 0.491 e. The SMILES string of the molecule is C=CC(C)c1cc(C[C@H](NC(=O)[C@H](C)N)C(=O)N[C@@H](C)C(=O)Oc2ccccc2)ccc1OCCNC(=O)OC(C)(C)C. The van der Waals surface area contributed by atoms with Gasteiger partial charge in [0.1, 0.15) is 35.8 Å². The molecule has 0 saturated heterocycles. The molecule has 234 valence electrons. The molecule has 1 unspecified atom stereocenters. The van der Waals surface area contributed by atoms with Crippen molar-refractivity contribution in [1.82, 2.24) is 16.0 Å². The summed E-state index contributed by atoms with van der Waals surface area (Å²) in [6.07, 6.45) is 1.33. The molecule has 11 nitrogen and oxygen atoms in total. The third kappa shape index (κ3) is 12.2. The third-order valence-corrected chi connectivity index (χ3v) is 6.11. The molecule has 0 aliphatic carbocycles. The van der Waals surface area contributed by atoms with Crippen LogP contribution in [0.1, 0.15) is 58.6 Å². The van der Waals surface area contributed by atoms with E-state index in [1.165, 1.54) is 13.8 Å². The molecule has 0 fully saturated rings. The molecule has 0 heterocycles. The van der Waals surface area contributed by atoms with Gasteiger partial charge in [-0.2, -0.15) is 0 Å². The average Bonchev–Trinajstić information content (AvgIpc) is 2.94. The van der Waals surface area contributed by atoms with Crippen LogP contribution in [0.5, 0.6) is 11.5 Å². The first-order valence-electron chi connectivity index (χ1n) is 14.2. The van der Waals surface area contributed by atoms with Crippen LogP contribution in [0.3, 0.4) is 0 Å². The van der Waals surface area contributed by atoms with Gasteiger partial charge in [-0.1, -0.05) is 43.3 Å². The van der Waals surface area contributed by atoms with E-state index >= 15 is 0 Å². The molecular formula is C32H44N4O7. The Morgan fingerprint density at radius 3 is 2.26 bits per heavy atom. The van der Waals surface area contributed by atoms with Crippen molar-refractivity contribution >= 4 is 23.9 Å². The molecule has 5 N–H and O–H groups in total. The monoisotopic (exact) mass is 596 g/mol. The standard InChI is InChI=1S/C32H44N4O7/c1-8-20(2)25-18-23(14-15-27(25)41-17-16-34-31(40)43-32(5,6)7)19-26(36-28(37)21(3)33)29(38)35-22(4)30(39)42-24-12-10-9-11-13-24/h8-15,18,20-22,26H,1,16-17,19,33H2,2-7H3,(H,34,40)(H,35,38)(H,36,37)/t20?,21-,22-,26-/m0/s1. The Morgan fingerprint density at radius 2 is 1.65 bits per heavy atom. The van der Waals surface area contributed by atoms with E-state index in [0.29, 0.717) is 11.5 Å². The topological polar surface area (TPSA) is 158 Å². The Kier molecular flexibility index (Phi) is 13.2. The summed E-state index contributed by atoms with van der Waals surface area (Å²) >= 11 is 0. The number of rotatable bonds is 14. The number of carbonyl (C=O) groups is 4. The van der Waals surface area contributed by atoms with Gasteiger partial charge < -0.3 is 35.9 Å². The molecule has 0 spiro atoms. The number of hydrogen-bond acceptors (Lipinski definition) is 8. The minimum atomic E-state index is -1.03. The van der Waals surface area contributed by atoms with Crippen LogP contribution >= 0.6 is 0 Å². The van der Waals surface area contributed by atoms with Gasteiger partial charge >= 0.3 is 12.1 Å². The highest BCUT2D eigenvalue weighted by Crippen LogP contribution is 2.29. The van der Waals surface area contributed by atoms with E-state index in [-0.39, 0.29) is 25.5 Å². The van der Waals surface area contributed by atoms with Crippen molar-refractivity contribution in [2.45, 2.75) is 77.6 Å². The van der Waals surface area contributed by atoms with Crippen LogP contribution < -0.4 is 31.2 Å². The van der Waals surface area contributed by atoms with Gasteiger partial charge in [0.05, 0.1) is 12.6 Å². The Balaban J connectivity index is 2.15. The lowest BCUT2D eigenvalue weighted by atomic mass is 9.95. The van der Waals surface area contributed by atoms with Crippen molar-refractivity contribution in [2.75, 3.05) is 13.2 Å². The summed E-state index contributed by atoms with van der Waals surface area (Å²) in [4.78, 5) is 50.2. The maximum Gasteiger partial charge on any atom is 0.407 e. The average molecular weight is 597 g/mol. The summed E-state index contributed by atoms with van der Waals surface area (Å²) in [5.41, 5.74) is 6.67. The Labute approximate surface area is 253 Å². The third-order valence-electron chi connectivity index (χ3n) is 6.11. The van der Waals surface area contributed by atoms with Gasteiger partial charge in [-0.25, -0.2) is 9.59 Å². The van der Waals surface area contributed by atoms with Crippen molar-refractivity contribution in [3.05, 3.63) is 72.3 Å². The van der Waals surface area contributed by atoms with Gasteiger partial charge in [0.15, 0.2) is 0 Å².